The molecule has 2 aliphatic rings. The fraction of sp³-hybridized carbons (Fsp3) is 0.231. The number of hydrogen-bond acceptors (Lipinski definition) is 5. The normalized spacial score (nSPS) is 14.8. The van der Waals surface area contributed by atoms with Crippen molar-refractivity contribution in [1.82, 2.24) is 19.7 Å². The highest BCUT2D eigenvalue weighted by atomic mass is 35.5. The zero-order valence-corrected chi connectivity index (χ0v) is 22.4. The number of alkyl halides is 3. The summed E-state index contributed by atoms with van der Waals surface area (Å²) < 4.78 is 40.8. The van der Waals surface area contributed by atoms with E-state index >= 15 is 0 Å². The summed E-state index contributed by atoms with van der Waals surface area (Å²) >= 11 is 13.9. The van der Waals surface area contributed by atoms with E-state index in [0.29, 0.717) is 35.5 Å². The lowest BCUT2D eigenvalue weighted by molar-refractivity contribution is -0.137. The Labute approximate surface area is 230 Å². The number of fused-ring (bicyclic) bond motifs is 5. The number of halogens is 4. The molecule has 6 rings (SSSR count). The Kier molecular flexibility index (Phi) is 6.24. The third kappa shape index (κ3) is 4.38. The summed E-state index contributed by atoms with van der Waals surface area (Å²) in [6, 6.07) is 12.6. The summed E-state index contributed by atoms with van der Waals surface area (Å²) in [5, 5.41) is 13.8. The molecule has 0 bridgehead atoms. The first kappa shape index (κ1) is 25.0. The van der Waals surface area contributed by atoms with Gasteiger partial charge in [0.15, 0.2) is 10.9 Å². The molecule has 4 heterocycles. The summed E-state index contributed by atoms with van der Waals surface area (Å²) in [4.78, 5) is 8.11. The molecule has 1 N–H and O–H groups in total. The lowest BCUT2D eigenvalue weighted by atomic mass is 9.95. The lowest BCUT2D eigenvalue weighted by Crippen LogP contribution is -2.38. The van der Waals surface area contributed by atoms with Crippen LogP contribution in [0, 0.1) is 6.92 Å². The Morgan fingerprint density at radius 2 is 1.87 bits per heavy atom. The van der Waals surface area contributed by atoms with Crippen molar-refractivity contribution >= 4 is 51.7 Å². The Morgan fingerprint density at radius 3 is 2.61 bits per heavy atom. The van der Waals surface area contributed by atoms with Gasteiger partial charge in [-0.2, -0.15) is 13.2 Å². The average molecular weight is 573 g/mol. The predicted octanol–water partition coefficient (Wildman–Crippen LogP) is 6.42. The van der Waals surface area contributed by atoms with Crippen molar-refractivity contribution in [2.45, 2.75) is 32.6 Å². The Balaban J connectivity index is 1.33. The number of aryl methyl sites for hydroxylation is 1. The number of aromatic nitrogens is 3. The van der Waals surface area contributed by atoms with Gasteiger partial charge in [-0.15, -0.1) is 21.5 Å². The summed E-state index contributed by atoms with van der Waals surface area (Å²) in [7, 11) is 0. The lowest BCUT2D eigenvalue weighted by Gasteiger charge is -2.30. The maximum absolute atomic E-state index is 12.9. The van der Waals surface area contributed by atoms with Crippen molar-refractivity contribution < 1.29 is 13.2 Å². The summed E-state index contributed by atoms with van der Waals surface area (Å²) in [6.45, 7) is 3.53. The topological polar surface area (TPSA) is 58.3 Å². The van der Waals surface area contributed by atoms with Gasteiger partial charge in [-0.25, -0.2) is 0 Å². The first-order chi connectivity index (χ1) is 18.2. The fourth-order valence-corrected chi connectivity index (χ4v) is 6.71. The van der Waals surface area contributed by atoms with Gasteiger partial charge in [0.05, 0.1) is 17.8 Å². The van der Waals surface area contributed by atoms with Crippen LogP contribution in [0.15, 0.2) is 53.5 Å². The van der Waals surface area contributed by atoms with E-state index in [1.807, 2.05) is 36.1 Å². The molecule has 38 heavy (non-hydrogen) atoms. The minimum Gasteiger partial charge on any atom is -0.344 e. The van der Waals surface area contributed by atoms with E-state index in [4.69, 9.17) is 28.8 Å². The van der Waals surface area contributed by atoms with E-state index in [0.717, 1.165) is 56.9 Å². The van der Waals surface area contributed by atoms with E-state index in [2.05, 4.69) is 20.1 Å². The number of benzene rings is 2. The van der Waals surface area contributed by atoms with E-state index in [9.17, 15) is 13.2 Å². The van der Waals surface area contributed by atoms with Gasteiger partial charge in [0.2, 0.25) is 0 Å². The molecule has 2 aromatic heterocycles. The van der Waals surface area contributed by atoms with Crippen LogP contribution in [0.3, 0.4) is 0 Å². The van der Waals surface area contributed by atoms with Gasteiger partial charge in [0.1, 0.15) is 17.4 Å². The molecular weight excluding hydrogens is 553 g/mol. The van der Waals surface area contributed by atoms with Crippen LogP contribution in [0.5, 0.6) is 0 Å². The van der Waals surface area contributed by atoms with Gasteiger partial charge >= 0.3 is 6.18 Å². The van der Waals surface area contributed by atoms with Crippen molar-refractivity contribution in [3.63, 3.8) is 0 Å². The molecule has 6 nitrogen and oxygen atoms in total. The SMILES string of the molecule is Cc1nnc2n1-c1sc3c(c1C(c1ccccc1Cl)=NC2)CCN(C(=S)Nc1ccc(C(F)(F)F)cc1)C3. The van der Waals surface area contributed by atoms with E-state index < -0.39 is 11.7 Å². The minimum atomic E-state index is -4.38. The second-order valence-corrected chi connectivity index (χ2v) is 10.9. The van der Waals surface area contributed by atoms with Crippen molar-refractivity contribution in [2.24, 2.45) is 4.99 Å². The van der Waals surface area contributed by atoms with Crippen LogP contribution in [-0.2, 0) is 25.7 Å². The predicted molar refractivity (Wildman–Crippen MR) is 147 cm³/mol. The number of nitrogens with one attached hydrogen (secondary N) is 1. The molecular formula is C26H20ClF3N6S2. The molecule has 0 saturated carbocycles. The Morgan fingerprint density at radius 1 is 1.11 bits per heavy atom. The van der Waals surface area contributed by atoms with Crippen LogP contribution in [0.1, 0.15) is 38.8 Å². The molecule has 12 heteroatoms. The number of thiophene rings is 1. The van der Waals surface area contributed by atoms with E-state index in [1.54, 1.807) is 11.3 Å². The molecule has 2 aliphatic heterocycles. The molecule has 0 fully saturated rings. The number of nitrogens with zero attached hydrogens (tertiary/aromatic N) is 5. The molecule has 0 saturated heterocycles. The van der Waals surface area contributed by atoms with Gasteiger partial charge in [-0.1, -0.05) is 29.8 Å². The van der Waals surface area contributed by atoms with Crippen molar-refractivity contribution in [3.8, 4) is 5.00 Å². The first-order valence-corrected chi connectivity index (χ1v) is 13.4. The monoisotopic (exact) mass is 572 g/mol. The smallest absolute Gasteiger partial charge is 0.344 e. The van der Waals surface area contributed by atoms with Crippen molar-refractivity contribution in [3.05, 3.63) is 92.3 Å². The largest absolute Gasteiger partial charge is 0.416 e. The van der Waals surface area contributed by atoms with Gasteiger partial charge < -0.3 is 10.2 Å². The van der Waals surface area contributed by atoms with Crippen molar-refractivity contribution in [1.29, 1.82) is 0 Å². The third-order valence-electron chi connectivity index (χ3n) is 6.63. The molecule has 0 aliphatic carbocycles. The Hall–Kier alpha value is -3.28. The number of anilines is 1. The fourth-order valence-electron chi connectivity index (χ4n) is 4.78. The minimum absolute atomic E-state index is 0.394. The second kappa shape index (κ2) is 9.48. The Bertz CT molecular complexity index is 1590. The molecule has 4 aromatic rings. The molecule has 0 spiro atoms. The number of thiocarbonyl (C=S) groups is 1. The van der Waals surface area contributed by atoms with Crippen LogP contribution in [0.4, 0.5) is 18.9 Å². The van der Waals surface area contributed by atoms with Crippen LogP contribution < -0.4 is 5.32 Å². The molecule has 0 unspecified atom stereocenters. The quantitative estimate of drug-likeness (QED) is 0.281. The van der Waals surface area contributed by atoms with E-state index in [1.165, 1.54) is 17.7 Å². The molecule has 2 aromatic carbocycles. The average Bonchev–Trinajstić information content (AvgIpc) is 3.39. The third-order valence-corrected chi connectivity index (χ3v) is 8.52. The summed E-state index contributed by atoms with van der Waals surface area (Å²) in [5.74, 6) is 1.55. The molecule has 0 atom stereocenters. The molecule has 0 radical (unpaired) electrons. The molecule has 194 valence electrons. The zero-order chi connectivity index (χ0) is 26.6. The van der Waals surface area contributed by atoms with Crippen LogP contribution in [0.2, 0.25) is 5.02 Å². The highest BCUT2D eigenvalue weighted by Gasteiger charge is 2.33. The van der Waals surface area contributed by atoms with Gasteiger partial charge in [-0.05, 0) is 61.5 Å². The van der Waals surface area contributed by atoms with Crippen LogP contribution >= 0.6 is 35.2 Å². The van der Waals surface area contributed by atoms with Crippen LogP contribution in [0.25, 0.3) is 5.00 Å². The van der Waals surface area contributed by atoms with E-state index in [-0.39, 0.29) is 0 Å². The standard InChI is InChI=1S/C26H20ClF3N6S2/c1-14-33-34-21-12-31-23(17-4-2-3-5-19(17)27)22-18-10-11-35(13-20(18)38-24(22)36(14)21)25(37)32-16-8-6-15(7-9-16)26(28,29)30/h2-9H,10-13H2,1H3,(H,32,37). The van der Waals surface area contributed by atoms with Crippen LogP contribution in [-0.4, -0.2) is 37.0 Å². The highest BCUT2D eigenvalue weighted by Crippen LogP contribution is 2.40. The summed E-state index contributed by atoms with van der Waals surface area (Å²) in [6.07, 6.45) is -3.66. The summed E-state index contributed by atoms with van der Waals surface area (Å²) in [5.41, 5.74) is 3.75. The maximum atomic E-state index is 12.9. The van der Waals surface area contributed by atoms with Gasteiger partial charge in [0, 0.05) is 33.3 Å². The van der Waals surface area contributed by atoms with Gasteiger partial charge in [-0.3, -0.25) is 9.56 Å². The first-order valence-electron chi connectivity index (χ1n) is 11.8. The number of aliphatic imine (C=N–C) groups is 1. The maximum Gasteiger partial charge on any atom is 0.416 e. The van der Waals surface area contributed by atoms with Crippen molar-refractivity contribution in [2.75, 3.05) is 11.9 Å². The zero-order valence-electron chi connectivity index (χ0n) is 20.0. The number of hydrogen-bond donors (Lipinski definition) is 1. The number of rotatable bonds is 2. The van der Waals surface area contributed by atoms with Gasteiger partial charge in [0.25, 0.3) is 0 Å². The highest BCUT2D eigenvalue weighted by molar-refractivity contribution is 7.80. The molecule has 0 amide bonds. The second-order valence-electron chi connectivity index (χ2n) is 9.00.